The summed E-state index contributed by atoms with van der Waals surface area (Å²) in [5, 5.41) is 2.67. The molecule has 108 valence electrons. The van der Waals surface area contributed by atoms with Gasteiger partial charge in [-0.2, -0.15) is 13.2 Å². The molecule has 0 bridgehead atoms. The number of alkyl halides is 3. The lowest BCUT2D eigenvalue weighted by Crippen LogP contribution is -2.17. The maximum Gasteiger partial charge on any atom is 0.451 e. The summed E-state index contributed by atoms with van der Waals surface area (Å²) in [6, 6.07) is 1.23. The molecule has 0 aromatic carbocycles. The van der Waals surface area contributed by atoms with Crippen molar-refractivity contribution in [3.05, 3.63) is 11.9 Å². The van der Waals surface area contributed by atoms with Crippen molar-refractivity contribution in [3.8, 4) is 0 Å². The third kappa shape index (κ3) is 5.01. The highest BCUT2D eigenvalue weighted by Crippen LogP contribution is 2.27. The minimum atomic E-state index is -4.63. The van der Waals surface area contributed by atoms with Crippen molar-refractivity contribution < 1.29 is 17.4 Å². The van der Waals surface area contributed by atoms with E-state index in [2.05, 4.69) is 15.3 Å². The summed E-state index contributed by atoms with van der Waals surface area (Å²) in [6.07, 6.45) is -2.51. The van der Waals surface area contributed by atoms with E-state index in [1.807, 2.05) is 0 Å². The van der Waals surface area contributed by atoms with Crippen molar-refractivity contribution in [2.75, 3.05) is 23.9 Å². The van der Waals surface area contributed by atoms with Crippen LogP contribution in [-0.4, -0.2) is 32.2 Å². The molecule has 1 rings (SSSR count). The Labute approximate surface area is 111 Å². The Hall–Kier alpha value is -1.38. The normalized spacial score (nSPS) is 15.0. The molecule has 0 aliphatic heterocycles. The zero-order chi connectivity index (χ0) is 14.6. The molecular weight excluding hydrogens is 281 g/mol. The van der Waals surface area contributed by atoms with Gasteiger partial charge < -0.3 is 11.1 Å². The highest BCUT2D eigenvalue weighted by Gasteiger charge is 2.35. The first-order valence-electron chi connectivity index (χ1n) is 5.48. The predicted octanol–water partition coefficient (Wildman–Crippen LogP) is 1.65. The second-order valence-electron chi connectivity index (χ2n) is 4.02. The van der Waals surface area contributed by atoms with E-state index < -0.39 is 22.8 Å². The quantitative estimate of drug-likeness (QED) is 0.863. The van der Waals surface area contributed by atoms with E-state index in [4.69, 9.17) is 5.73 Å². The van der Waals surface area contributed by atoms with Crippen LogP contribution in [0, 0.1) is 0 Å². The van der Waals surface area contributed by atoms with E-state index in [1.54, 1.807) is 13.2 Å². The molecule has 0 spiro atoms. The van der Waals surface area contributed by atoms with Crippen molar-refractivity contribution in [1.82, 2.24) is 9.97 Å². The first kappa shape index (κ1) is 15.7. The third-order valence-electron chi connectivity index (χ3n) is 2.42. The number of hydrogen-bond donors (Lipinski definition) is 2. The zero-order valence-corrected chi connectivity index (χ0v) is 11.3. The molecule has 0 amide bonds. The SMILES string of the molecule is CC(CCNc1cc(N)nc(C(F)(F)F)n1)S(C)=O. The van der Waals surface area contributed by atoms with Crippen LogP contribution in [-0.2, 0) is 17.0 Å². The number of nitrogens with zero attached hydrogens (tertiary/aromatic N) is 2. The maximum atomic E-state index is 12.5. The Morgan fingerprint density at radius 3 is 2.63 bits per heavy atom. The molecule has 0 saturated carbocycles. The summed E-state index contributed by atoms with van der Waals surface area (Å²) < 4.78 is 48.5. The van der Waals surface area contributed by atoms with E-state index in [-0.39, 0.29) is 16.9 Å². The van der Waals surface area contributed by atoms with Gasteiger partial charge in [0.25, 0.3) is 0 Å². The number of rotatable bonds is 5. The number of nitrogens with one attached hydrogen (secondary N) is 1. The summed E-state index contributed by atoms with van der Waals surface area (Å²) in [6.45, 7) is 2.15. The molecule has 0 radical (unpaired) electrons. The molecule has 5 nitrogen and oxygen atoms in total. The first-order chi connectivity index (χ1) is 8.70. The minimum Gasteiger partial charge on any atom is -0.384 e. The molecule has 0 saturated heterocycles. The Kier molecular flexibility index (Phi) is 5.10. The standard InChI is InChI=1S/C10H15F3N4OS/c1-6(19(2)18)3-4-15-8-5-7(14)16-9(17-8)10(11,12)13/h5-6H,3-4H2,1-2H3,(H3,14,15,16,17). The molecule has 0 aliphatic rings. The van der Waals surface area contributed by atoms with Crippen LogP contribution in [0.15, 0.2) is 6.07 Å². The van der Waals surface area contributed by atoms with Gasteiger partial charge in [0.2, 0.25) is 5.82 Å². The largest absolute Gasteiger partial charge is 0.451 e. The van der Waals surface area contributed by atoms with Gasteiger partial charge in [-0.25, -0.2) is 9.97 Å². The van der Waals surface area contributed by atoms with Gasteiger partial charge in [0.1, 0.15) is 11.6 Å². The van der Waals surface area contributed by atoms with Crippen LogP contribution in [0.2, 0.25) is 0 Å². The van der Waals surface area contributed by atoms with Crippen molar-refractivity contribution >= 4 is 22.4 Å². The number of aromatic nitrogens is 2. The number of hydrogen-bond acceptors (Lipinski definition) is 5. The molecule has 19 heavy (non-hydrogen) atoms. The van der Waals surface area contributed by atoms with Gasteiger partial charge in [-0.3, -0.25) is 4.21 Å². The molecule has 0 aliphatic carbocycles. The monoisotopic (exact) mass is 296 g/mol. The molecule has 9 heteroatoms. The van der Waals surface area contributed by atoms with Gasteiger partial charge in [0.05, 0.1) is 0 Å². The average molecular weight is 296 g/mol. The summed E-state index contributed by atoms with van der Waals surface area (Å²) in [5.41, 5.74) is 5.30. The molecule has 1 aromatic rings. The van der Waals surface area contributed by atoms with Crippen molar-refractivity contribution in [3.63, 3.8) is 0 Å². The van der Waals surface area contributed by atoms with Crippen LogP contribution < -0.4 is 11.1 Å². The van der Waals surface area contributed by atoms with Gasteiger partial charge in [0, 0.05) is 34.9 Å². The molecular formula is C10H15F3N4OS. The summed E-state index contributed by atoms with van der Waals surface area (Å²) in [7, 11) is -0.969. The van der Waals surface area contributed by atoms with Gasteiger partial charge in [-0.05, 0) is 6.42 Å². The number of nitrogens with two attached hydrogens (primary N) is 1. The number of nitrogen functional groups attached to an aromatic ring is 1. The van der Waals surface area contributed by atoms with E-state index >= 15 is 0 Å². The fourth-order valence-corrected chi connectivity index (χ4v) is 1.70. The van der Waals surface area contributed by atoms with Crippen LogP contribution in [0.5, 0.6) is 0 Å². The second-order valence-corrected chi connectivity index (χ2v) is 5.83. The fraction of sp³-hybridized carbons (Fsp3) is 0.600. The summed E-state index contributed by atoms with van der Waals surface area (Å²) in [4.78, 5) is 6.47. The second kappa shape index (κ2) is 6.18. The van der Waals surface area contributed by atoms with E-state index in [1.165, 1.54) is 6.07 Å². The Morgan fingerprint density at radius 1 is 1.47 bits per heavy atom. The molecule has 0 fully saturated rings. The summed E-state index contributed by atoms with van der Waals surface area (Å²) >= 11 is 0. The van der Waals surface area contributed by atoms with Crippen molar-refractivity contribution in [2.45, 2.75) is 24.8 Å². The molecule has 2 unspecified atom stereocenters. The van der Waals surface area contributed by atoms with E-state index in [0.29, 0.717) is 13.0 Å². The van der Waals surface area contributed by atoms with Gasteiger partial charge in [-0.15, -0.1) is 0 Å². The highest BCUT2D eigenvalue weighted by molar-refractivity contribution is 7.84. The number of halogens is 3. The Bertz CT molecular complexity index is 467. The summed E-state index contributed by atoms with van der Waals surface area (Å²) in [5.74, 6) is -1.52. The molecule has 3 N–H and O–H groups in total. The van der Waals surface area contributed by atoms with Crippen LogP contribution in [0.25, 0.3) is 0 Å². The number of anilines is 2. The van der Waals surface area contributed by atoms with E-state index in [9.17, 15) is 17.4 Å². The van der Waals surface area contributed by atoms with Crippen LogP contribution in [0.1, 0.15) is 19.2 Å². The fourth-order valence-electron chi connectivity index (χ4n) is 1.25. The predicted molar refractivity (Wildman–Crippen MR) is 68.1 cm³/mol. The minimum absolute atomic E-state index is 0.00825. The van der Waals surface area contributed by atoms with Gasteiger partial charge in [0.15, 0.2) is 0 Å². The Balaban J connectivity index is 2.69. The maximum absolute atomic E-state index is 12.5. The lowest BCUT2D eigenvalue weighted by Gasteiger charge is -2.11. The lowest BCUT2D eigenvalue weighted by atomic mass is 10.3. The smallest absolute Gasteiger partial charge is 0.384 e. The van der Waals surface area contributed by atoms with E-state index in [0.717, 1.165) is 0 Å². The molecule has 1 heterocycles. The van der Waals surface area contributed by atoms with Crippen LogP contribution in [0.3, 0.4) is 0 Å². The lowest BCUT2D eigenvalue weighted by molar-refractivity contribution is -0.144. The topological polar surface area (TPSA) is 80.9 Å². The van der Waals surface area contributed by atoms with Crippen LogP contribution in [0.4, 0.5) is 24.8 Å². The first-order valence-corrected chi connectivity index (χ1v) is 7.10. The van der Waals surface area contributed by atoms with Gasteiger partial charge in [-0.1, -0.05) is 6.92 Å². The highest BCUT2D eigenvalue weighted by atomic mass is 32.2. The third-order valence-corrected chi connectivity index (χ3v) is 3.79. The van der Waals surface area contributed by atoms with Crippen molar-refractivity contribution in [2.24, 2.45) is 0 Å². The average Bonchev–Trinajstić information content (AvgIpc) is 2.26. The van der Waals surface area contributed by atoms with Gasteiger partial charge >= 0.3 is 6.18 Å². The Morgan fingerprint density at radius 2 is 2.11 bits per heavy atom. The molecule has 1 aromatic heterocycles. The van der Waals surface area contributed by atoms with Crippen molar-refractivity contribution in [1.29, 1.82) is 0 Å². The molecule has 2 atom stereocenters. The van der Waals surface area contributed by atoms with Crippen LogP contribution >= 0.6 is 0 Å². The zero-order valence-electron chi connectivity index (χ0n) is 10.5.